The van der Waals surface area contributed by atoms with Gasteiger partial charge in [0, 0.05) is 18.2 Å². The van der Waals surface area contributed by atoms with Gasteiger partial charge in [-0.25, -0.2) is 8.42 Å². The molecule has 7 nitrogen and oxygen atoms in total. The van der Waals surface area contributed by atoms with E-state index in [4.69, 9.17) is 9.15 Å². The van der Waals surface area contributed by atoms with Crippen molar-refractivity contribution in [2.75, 3.05) is 6.61 Å². The lowest BCUT2D eigenvalue weighted by atomic mass is 10.1. The maximum atomic E-state index is 13.4. The van der Waals surface area contributed by atoms with E-state index in [0.29, 0.717) is 23.7 Å². The van der Waals surface area contributed by atoms with E-state index in [2.05, 4.69) is 5.32 Å². The highest BCUT2D eigenvalue weighted by molar-refractivity contribution is 7.89. The van der Waals surface area contributed by atoms with E-state index in [1.54, 1.807) is 60.7 Å². The predicted octanol–water partition coefficient (Wildman–Crippen LogP) is 3.96. The Morgan fingerprint density at radius 1 is 1.06 bits per heavy atom. The van der Waals surface area contributed by atoms with E-state index in [1.165, 1.54) is 10.6 Å². The van der Waals surface area contributed by atoms with Crippen molar-refractivity contribution < 1.29 is 22.4 Å². The average molecular weight is 455 g/mol. The summed E-state index contributed by atoms with van der Waals surface area (Å²) in [5, 5.41) is 2.95. The van der Waals surface area contributed by atoms with Gasteiger partial charge in [-0.15, -0.1) is 0 Å². The molecular formula is C24H26N2O5S. The Kier molecular flexibility index (Phi) is 6.62. The maximum absolute atomic E-state index is 13.4. The molecule has 2 aromatic carbocycles. The van der Waals surface area contributed by atoms with Gasteiger partial charge in [0.15, 0.2) is 0 Å². The van der Waals surface area contributed by atoms with E-state index < -0.39 is 10.0 Å². The van der Waals surface area contributed by atoms with Gasteiger partial charge in [-0.3, -0.25) is 4.79 Å². The Morgan fingerprint density at radius 3 is 2.38 bits per heavy atom. The summed E-state index contributed by atoms with van der Waals surface area (Å²) >= 11 is 0. The first-order valence-electron chi connectivity index (χ1n) is 10.6. The first kappa shape index (κ1) is 22.1. The van der Waals surface area contributed by atoms with Crippen molar-refractivity contribution in [3.8, 4) is 5.75 Å². The van der Waals surface area contributed by atoms with Crippen LogP contribution in [0.5, 0.6) is 5.75 Å². The fourth-order valence-electron chi connectivity index (χ4n) is 3.29. The molecule has 1 aliphatic rings. The van der Waals surface area contributed by atoms with Crippen LogP contribution in [0.3, 0.4) is 0 Å². The highest BCUT2D eigenvalue weighted by Gasteiger charge is 2.27. The molecule has 32 heavy (non-hydrogen) atoms. The van der Waals surface area contributed by atoms with Crippen LogP contribution in [-0.2, 0) is 23.1 Å². The second-order valence-corrected chi connectivity index (χ2v) is 9.64. The van der Waals surface area contributed by atoms with Crippen LogP contribution < -0.4 is 10.1 Å². The highest BCUT2D eigenvalue weighted by Crippen LogP contribution is 2.24. The van der Waals surface area contributed by atoms with Crippen LogP contribution in [0.15, 0.2) is 76.2 Å². The van der Waals surface area contributed by atoms with Crippen molar-refractivity contribution in [1.29, 1.82) is 0 Å². The van der Waals surface area contributed by atoms with Crippen LogP contribution in [-0.4, -0.2) is 31.3 Å². The minimum absolute atomic E-state index is 0.0897. The Balaban J connectivity index is 1.55. The summed E-state index contributed by atoms with van der Waals surface area (Å²) < 4.78 is 39.0. The number of nitrogens with one attached hydrogen (secondary N) is 1. The number of carbonyl (C=O) groups excluding carboxylic acids is 1. The molecule has 0 unspecified atom stereocenters. The number of sulfonamides is 1. The molecule has 0 saturated heterocycles. The third-order valence-corrected chi connectivity index (χ3v) is 6.98. The first-order chi connectivity index (χ1) is 15.5. The summed E-state index contributed by atoms with van der Waals surface area (Å²) in [4.78, 5) is 12.4. The summed E-state index contributed by atoms with van der Waals surface area (Å²) in [6, 6.07) is 17.1. The van der Waals surface area contributed by atoms with Gasteiger partial charge in [0.25, 0.3) is 5.91 Å². The number of carbonyl (C=O) groups is 1. The number of nitrogens with zero attached hydrogens (tertiary/aromatic N) is 1. The summed E-state index contributed by atoms with van der Waals surface area (Å²) in [5.74, 6) is 1.05. The molecule has 0 atom stereocenters. The highest BCUT2D eigenvalue weighted by atomic mass is 32.2. The minimum atomic E-state index is -3.80. The second-order valence-electron chi connectivity index (χ2n) is 7.70. The summed E-state index contributed by atoms with van der Waals surface area (Å²) in [7, 11) is -3.80. The number of rotatable bonds is 10. The van der Waals surface area contributed by atoms with E-state index in [-0.39, 0.29) is 29.9 Å². The molecular weight excluding hydrogens is 428 g/mol. The average Bonchev–Trinajstić information content (AvgIpc) is 3.45. The van der Waals surface area contributed by atoms with Gasteiger partial charge in [0.2, 0.25) is 10.0 Å². The fourth-order valence-corrected chi connectivity index (χ4v) is 4.68. The molecule has 1 aliphatic carbocycles. The molecule has 0 bridgehead atoms. The van der Waals surface area contributed by atoms with Gasteiger partial charge in [-0.05, 0) is 73.9 Å². The predicted molar refractivity (Wildman–Crippen MR) is 120 cm³/mol. The van der Waals surface area contributed by atoms with Crippen molar-refractivity contribution in [2.24, 2.45) is 0 Å². The van der Waals surface area contributed by atoms with E-state index in [9.17, 15) is 13.2 Å². The van der Waals surface area contributed by atoms with Gasteiger partial charge in [-0.1, -0.05) is 12.1 Å². The summed E-state index contributed by atoms with van der Waals surface area (Å²) in [6.07, 6.45) is 3.56. The molecule has 1 N–H and O–H groups in total. The van der Waals surface area contributed by atoms with Gasteiger partial charge in [-0.2, -0.15) is 4.31 Å². The third kappa shape index (κ3) is 5.38. The van der Waals surface area contributed by atoms with Gasteiger partial charge < -0.3 is 14.5 Å². The van der Waals surface area contributed by atoms with Crippen molar-refractivity contribution >= 4 is 15.9 Å². The second kappa shape index (κ2) is 9.58. The van der Waals surface area contributed by atoms with Gasteiger partial charge in [0.1, 0.15) is 11.5 Å². The number of ether oxygens (including phenoxy) is 1. The molecule has 1 amide bonds. The molecule has 1 aromatic heterocycles. The van der Waals surface area contributed by atoms with E-state index in [1.807, 2.05) is 6.92 Å². The summed E-state index contributed by atoms with van der Waals surface area (Å²) in [6.45, 7) is 2.61. The fraction of sp³-hybridized carbons (Fsp3) is 0.292. The van der Waals surface area contributed by atoms with E-state index in [0.717, 1.165) is 18.4 Å². The molecule has 0 aliphatic heterocycles. The molecule has 0 radical (unpaired) electrons. The largest absolute Gasteiger partial charge is 0.494 e. The Hall–Kier alpha value is -3.10. The lowest BCUT2D eigenvalue weighted by Crippen LogP contribution is -2.30. The Bertz CT molecular complexity index is 1140. The zero-order chi connectivity index (χ0) is 22.6. The molecule has 8 heteroatoms. The van der Waals surface area contributed by atoms with Crippen molar-refractivity contribution in [1.82, 2.24) is 9.62 Å². The van der Waals surface area contributed by atoms with Crippen molar-refractivity contribution in [2.45, 2.75) is 43.8 Å². The molecule has 168 valence electrons. The molecule has 4 rings (SSSR count). The monoisotopic (exact) mass is 454 g/mol. The standard InChI is InChI=1S/C24H26N2O5S/c1-2-30-21-11-13-23(14-12-21)32(28,29)26(17-22-4-3-15-31-22)16-18-5-7-19(8-6-18)24(27)25-20-9-10-20/h3-8,11-15,20H,2,9-10,16-17H2,1H3,(H,25,27). The molecule has 1 saturated carbocycles. The van der Waals surface area contributed by atoms with Crippen LogP contribution in [0.1, 0.15) is 41.4 Å². The van der Waals surface area contributed by atoms with Gasteiger partial charge >= 0.3 is 0 Å². The Morgan fingerprint density at radius 2 is 1.78 bits per heavy atom. The Labute approximate surface area is 188 Å². The number of benzene rings is 2. The third-order valence-electron chi connectivity index (χ3n) is 5.17. The molecule has 3 aromatic rings. The number of amides is 1. The zero-order valence-corrected chi connectivity index (χ0v) is 18.7. The van der Waals surface area contributed by atoms with Crippen molar-refractivity contribution in [3.63, 3.8) is 0 Å². The minimum Gasteiger partial charge on any atom is -0.494 e. The lowest BCUT2D eigenvalue weighted by Gasteiger charge is -2.22. The lowest BCUT2D eigenvalue weighted by molar-refractivity contribution is 0.0951. The topological polar surface area (TPSA) is 88.9 Å². The molecule has 0 spiro atoms. The first-order valence-corrected chi connectivity index (χ1v) is 12.0. The number of furan rings is 1. The van der Waals surface area contributed by atoms with Crippen LogP contribution in [0, 0.1) is 0 Å². The van der Waals surface area contributed by atoms with Gasteiger partial charge in [0.05, 0.1) is 24.3 Å². The van der Waals surface area contributed by atoms with Crippen LogP contribution in [0.25, 0.3) is 0 Å². The quantitative estimate of drug-likeness (QED) is 0.501. The zero-order valence-electron chi connectivity index (χ0n) is 17.9. The normalized spacial score (nSPS) is 13.8. The number of hydrogen-bond acceptors (Lipinski definition) is 5. The summed E-state index contributed by atoms with van der Waals surface area (Å²) in [5.41, 5.74) is 1.33. The number of hydrogen-bond donors (Lipinski definition) is 1. The smallest absolute Gasteiger partial charge is 0.251 e. The molecule has 1 fully saturated rings. The van der Waals surface area contributed by atoms with Crippen LogP contribution in [0.4, 0.5) is 0 Å². The molecule has 1 heterocycles. The van der Waals surface area contributed by atoms with Crippen LogP contribution >= 0.6 is 0 Å². The SMILES string of the molecule is CCOc1ccc(S(=O)(=O)N(Cc2ccc(C(=O)NC3CC3)cc2)Cc2ccco2)cc1. The van der Waals surface area contributed by atoms with Crippen LogP contribution in [0.2, 0.25) is 0 Å². The van der Waals surface area contributed by atoms with Crippen molar-refractivity contribution in [3.05, 3.63) is 83.8 Å². The van der Waals surface area contributed by atoms with E-state index >= 15 is 0 Å². The maximum Gasteiger partial charge on any atom is 0.251 e.